The summed E-state index contributed by atoms with van der Waals surface area (Å²) in [7, 11) is 0. The second-order valence-electron chi connectivity index (χ2n) is 6.56. The van der Waals surface area contributed by atoms with E-state index in [9.17, 15) is 4.79 Å². The molecule has 0 spiro atoms. The molecule has 1 saturated heterocycles. The molecule has 1 saturated carbocycles. The number of amides is 1. The lowest BCUT2D eigenvalue weighted by molar-refractivity contribution is -0.132. The number of nitrogens with one attached hydrogen (secondary N) is 1. The van der Waals surface area contributed by atoms with Gasteiger partial charge in [-0.1, -0.05) is 0 Å². The Kier molecular flexibility index (Phi) is 3.83. The van der Waals surface area contributed by atoms with Gasteiger partial charge in [0.05, 0.1) is 6.54 Å². The smallest absolute Gasteiger partial charge is 0.223 e. The summed E-state index contributed by atoms with van der Waals surface area (Å²) in [5.41, 5.74) is 0. The molecular weight excluding hydrogens is 280 g/mol. The molecule has 22 heavy (non-hydrogen) atoms. The molecule has 2 aliphatic heterocycles. The molecule has 0 atom stereocenters. The molecule has 3 heterocycles. The van der Waals surface area contributed by atoms with Gasteiger partial charge >= 0.3 is 0 Å². The van der Waals surface area contributed by atoms with Crippen molar-refractivity contribution in [1.82, 2.24) is 29.9 Å². The first kappa shape index (κ1) is 14.1. The molecule has 1 aromatic heterocycles. The second kappa shape index (κ2) is 5.96. The van der Waals surface area contributed by atoms with E-state index in [1.165, 1.54) is 18.7 Å². The molecule has 4 rings (SSSR count). The third-order valence-corrected chi connectivity index (χ3v) is 4.91. The average Bonchev–Trinajstić information content (AvgIpc) is 3.33. The van der Waals surface area contributed by atoms with Gasteiger partial charge in [-0.25, -0.2) is 0 Å². The van der Waals surface area contributed by atoms with Crippen molar-refractivity contribution in [2.75, 3.05) is 39.3 Å². The minimum absolute atomic E-state index is 0.284. The summed E-state index contributed by atoms with van der Waals surface area (Å²) in [4.78, 5) is 16.5. The van der Waals surface area contributed by atoms with Crippen LogP contribution in [0.2, 0.25) is 0 Å². The topological polar surface area (TPSA) is 66.3 Å². The van der Waals surface area contributed by atoms with Crippen molar-refractivity contribution in [3.05, 3.63) is 11.6 Å². The molecule has 3 aliphatic rings. The number of aromatic nitrogens is 3. The maximum absolute atomic E-state index is 12.2. The van der Waals surface area contributed by atoms with Gasteiger partial charge in [-0.05, 0) is 12.8 Å². The van der Waals surface area contributed by atoms with Crippen LogP contribution in [0.25, 0.3) is 0 Å². The normalized spacial score (nSPS) is 22.6. The lowest BCUT2D eigenvalue weighted by Crippen LogP contribution is -2.47. The summed E-state index contributed by atoms with van der Waals surface area (Å²) < 4.78 is 2.30. The van der Waals surface area contributed by atoms with Gasteiger partial charge in [-0.3, -0.25) is 9.69 Å². The quantitative estimate of drug-likeness (QED) is 0.834. The molecule has 7 nitrogen and oxygen atoms in total. The molecule has 1 aromatic rings. The van der Waals surface area contributed by atoms with Crippen LogP contribution in [0.15, 0.2) is 0 Å². The molecule has 120 valence electrons. The zero-order valence-electron chi connectivity index (χ0n) is 13.0. The Morgan fingerprint density at radius 2 is 1.95 bits per heavy atom. The maximum Gasteiger partial charge on any atom is 0.223 e. The Balaban J connectivity index is 1.30. The zero-order valence-corrected chi connectivity index (χ0v) is 13.0. The fourth-order valence-electron chi connectivity index (χ4n) is 3.39. The highest BCUT2D eigenvalue weighted by molar-refractivity contribution is 5.76. The molecular formula is C15H24N6O. The predicted octanol–water partition coefficient (Wildman–Crippen LogP) is -0.207. The summed E-state index contributed by atoms with van der Waals surface area (Å²) in [6.07, 6.45) is 3.14. The van der Waals surface area contributed by atoms with Gasteiger partial charge in [0, 0.05) is 58.2 Å². The summed E-state index contributed by atoms with van der Waals surface area (Å²) in [6.45, 7) is 7.15. The van der Waals surface area contributed by atoms with Gasteiger partial charge in [0.1, 0.15) is 11.6 Å². The molecule has 0 radical (unpaired) electrons. The van der Waals surface area contributed by atoms with E-state index >= 15 is 0 Å². The third kappa shape index (κ3) is 2.87. The first-order valence-corrected chi connectivity index (χ1v) is 8.44. The van der Waals surface area contributed by atoms with Crippen LogP contribution in [-0.4, -0.2) is 69.7 Å². The molecule has 0 aromatic carbocycles. The van der Waals surface area contributed by atoms with Crippen LogP contribution in [-0.2, 0) is 17.9 Å². The van der Waals surface area contributed by atoms with Crippen molar-refractivity contribution in [2.45, 2.75) is 38.3 Å². The summed E-state index contributed by atoms with van der Waals surface area (Å²) in [6, 6.07) is 0. The first-order chi connectivity index (χ1) is 10.8. The van der Waals surface area contributed by atoms with E-state index in [4.69, 9.17) is 0 Å². The van der Waals surface area contributed by atoms with Gasteiger partial charge in [0.15, 0.2) is 0 Å². The van der Waals surface area contributed by atoms with Crippen molar-refractivity contribution in [2.24, 2.45) is 0 Å². The number of rotatable bonds is 4. The van der Waals surface area contributed by atoms with E-state index in [-0.39, 0.29) is 5.91 Å². The van der Waals surface area contributed by atoms with Crippen LogP contribution in [0.5, 0.6) is 0 Å². The molecule has 0 bridgehead atoms. The van der Waals surface area contributed by atoms with Gasteiger partial charge in [0.25, 0.3) is 0 Å². The fourth-order valence-corrected chi connectivity index (χ4v) is 3.39. The van der Waals surface area contributed by atoms with Gasteiger partial charge in [-0.15, -0.1) is 10.2 Å². The van der Waals surface area contributed by atoms with E-state index in [1.54, 1.807) is 0 Å². The Labute approximate surface area is 130 Å². The van der Waals surface area contributed by atoms with Gasteiger partial charge in [0.2, 0.25) is 5.91 Å². The summed E-state index contributed by atoms with van der Waals surface area (Å²) in [5.74, 6) is 3.20. The molecule has 1 amide bonds. The lowest BCUT2D eigenvalue weighted by Gasteiger charge is -2.30. The average molecular weight is 304 g/mol. The van der Waals surface area contributed by atoms with Crippen LogP contribution in [0.4, 0.5) is 0 Å². The molecule has 1 N–H and O–H groups in total. The van der Waals surface area contributed by atoms with Crippen molar-refractivity contribution >= 4 is 5.91 Å². The summed E-state index contributed by atoms with van der Waals surface area (Å²) in [5, 5.41) is 12.0. The number of piperazine rings is 1. The largest absolute Gasteiger partial charge is 0.340 e. The predicted molar refractivity (Wildman–Crippen MR) is 81.3 cm³/mol. The molecule has 0 unspecified atom stereocenters. The van der Waals surface area contributed by atoms with Crippen molar-refractivity contribution < 1.29 is 4.79 Å². The highest BCUT2D eigenvalue weighted by Crippen LogP contribution is 2.39. The van der Waals surface area contributed by atoms with Crippen molar-refractivity contribution in [3.8, 4) is 0 Å². The number of fused-ring (bicyclic) bond motifs is 1. The van der Waals surface area contributed by atoms with E-state index < -0.39 is 0 Å². The standard InChI is InChI=1S/C15H24N6O/c22-14(20-7-4-16-5-8-20)3-6-19-9-10-21-13(11-19)17-18-15(21)12-1-2-12/h12,16H,1-11H2. The number of carbonyl (C=O) groups excluding carboxylic acids is 1. The van der Waals surface area contributed by atoms with E-state index in [0.29, 0.717) is 12.3 Å². The lowest BCUT2D eigenvalue weighted by atomic mass is 10.2. The summed E-state index contributed by atoms with van der Waals surface area (Å²) >= 11 is 0. The number of hydrogen-bond acceptors (Lipinski definition) is 5. The maximum atomic E-state index is 12.2. The zero-order chi connectivity index (χ0) is 14.9. The van der Waals surface area contributed by atoms with Crippen LogP contribution in [0.3, 0.4) is 0 Å². The van der Waals surface area contributed by atoms with E-state index in [1.807, 2.05) is 4.90 Å². The number of carbonyl (C=O) groups is 1. The van der Waals surface area contributed by atoms with Gasteiger partial charge < -0.3 is 14.8 Å². The number of hydrogen-bond donors (Lipinski definition) is 1. The highest BCUT2D eigenvalue weighted by atomic mass is 16.2. The Morgan fingerprint density at radius 3 is 2.73 bits per heavy atom. The van der Waals surface area contributed by atoms with Gasteiger partial charge in [-0.2, -0.15) is 0 Å². The molecule has 2 fully saturated rings. The molecule has 7 heteroatoms. The second-order valence-corrected chi connectivity index (χ2v) is 6.56. The highest BCUT2D eigenvalue weighted by Gasteiger charge is 2.32. The van der Waals surface area contributed by atoms with Crippen LogP contribution >= 0.6 is 0 Å². The Hall–Kier alpha value is -1.47. The minimum Gasteiger partial charge on any atom is -0.340 e. The van der Waals surface area contributed by atoms with Crippen molar-refractivity contribution in [1.29, 1.82) is 0 Å². The Bertz CT molecular complexity index is 546. The van der Waals surface area contributed by atoms with Crippen molar-refractivity contribution in [3.63, 3.8) is 0 Å². The number of nitrogens with zero attached hydrogens (tertiary/aromatic N) is 5. The third-order valence-electron chi connectivity index (χ3n) is 4.91. The van der Waals surface area contributed by atoms with E-state index in [0.717, 1.165) is 58.2 Å². The van der Waals surface area contributed by atoms with Crippen LogP contribution in [0, 0.1) is 0 Å². The van der Waals surface area contributed by atoms with E-state index in [2.05, 4.69) is 25.0 Å². The van der Waals surface area contributed by atoms with Crippen LogP contribution in [0.1, 0.15) is 36.8 Å². The fraction of sp³-hybridized carbons (Fsp3) is 0.800. The SMILES string of the molecule is O=C(CCN1CCn2c(nnc2C2CC2)C1)N1CCNCC1. The van der Waals surface area contributed by atoms with Crippen LogP contribution < -0.4 is 5.32 Å². The molecule has 1 aliphatic carbocycles. The first-order valence-electron chi connectivity index (χ1n) is 8.44. The minimum atomic E-state index is 0.284. The monoisotopic (exact) mass is 304 g/mol. The Morgan fingerprint density at radius 1 is 1.14 bits per heavy atom.